The number of ether oxygens (including phenoxy) is 3. The van der Waals surface area contributed by atoms with Gasteiger partial charge in [-0.2, -0.15) is 0 Å². The van der Waals surface area contributed by atoms with Gasteiger partial charge in [-0.1, -0.05) is 6.07 Å². The van der Waals surface area contributed by atoms with E-state index in [1.165, 1.54) is 14.0 Å². The van der Waals surface area contributed by atoms with Crippen LogP contribution in [0.4, 0.5) is 4.79 Å². The van der Waals surface area contributed by atoms with Crippen LogP contribution in [0.25, 0.3) is 6.08 Å². The average Bonchev–Trinajstić information content (AvgIpc) is 2.93. The predicted octanol–water partition coefficient (Wildman–Crippen LogP) is 2.83. The molecule has 2 amide bonds. The SMILES string of the molecule is CCOC(=O)[C@H](C)N1C(=O)S/C(=C/c2ccc(OCC(=O)OC)c(I)c2)C1=O. The van der Waals surface area contributed by atoms with Crippen molar-refractivity contribution < 1.29 is 33.4 Å². The molecule has 0 aromatic heterocycles. The zero-order chi connectivity index (χ0) is 20.8. The van der Waals surface area contributed by atoms with E-state index >= 15 is 0 Å². The number of imide groups is 1. The molecule has 0 aliphatic carbocycles. The van der Waals surface area contributed by atoms with E-state index in [-0.39, 0.29) is 18.1 Å². The van der Waals surface area contributed by atoms with Gasteiger partial charge in [0.15, 0.2) is 6.61 Å². The monoisotopic (exact) mass is 519 g/mol. The molecule has 0 saturated carbocycles. The molecule has 1 aromatic rings. The molecule has 1 fully saturated rings. The van der Waals surface area contributed by atoms with Gasteiger partial charge in [0.1, 0.15) is 11.8 Å². The number of benzene rings is 1. The molecule has 2 rings (SSSR count). The molecule has 1 aliphatic heterocycles. The molecule has 0 unspecified atom stereocenters. The van der Waals surface area contributed by atoms with E-state index < -0.39 is 29.1 Å². The fourth-order valence-corrected chi connectivity index (χ4v) is 3.86. The number of rotatable bonds is 7. The summed E-state index contributed by atoms with van der Waals surface area (Å²) in [5, 5.41) is -0.524. The Morgan fingerprint density at radius 3 is 2.64 bits per heavy atom. The Bertz CT molecular complexity index is 839. The number of hydrogen-bond donors (Lipinski definition) is 0. The summed E-state index contributed by atoms with van der Waals surface area (Å²) >= 11 is 2.80. The first-order valence-electron chi connectivity index (χ1n) is 8.21. The molecule has 1 atom stereocenters. The van der Waals surface area contributed by atoms with Crippen LogP contribution in [0.3, 0.4) is 0 Å². The van der Waals surface area contributed by atoms with Crippen LogP contribution in [0.2, 0.25) is 0 Å². The highest BCUT2D eigenvalue weighted by atomic mass is 127. The molecule has 1 aliphatic rings. The zero-order valence-corrected chi connectivity index (χ0v) is 18.4. The first kappa shape index (κ1) is 22.2. The fraction of sp³-hybridized carbons (Fsp3) is 0.333. The highest BCUT2D eigenvalue weighted by Crippen LogP contribution is 2.34. The Balaban J connectivity index is 2.16. The van der Waals surface area contributed by atoms with Crippen LogP contribution in [0, 0.1) is 3.57 Å². The Morgan fingerprint density at radius 2 is 2.04 bits per heavy atom. The van der Waals surface area contributed by atoms with Crippen LogP contribution < -0.4 is 4.74 Å². The predicted molar refractivity (Wildman–Crippen MR) is 111 cm³/mol. The number of amides is 2. The molecular weight excluding hydrogens is 501 g/mol. The summed E-state index contributed by atoms with van der Waals surface area (Å²) in [6.07, 6.45) is 1.56. The maximum absolute atomic E-state index is 12.6. The molecule has 150 valence electrons. The number of nitrogens with zero attached hydrogens (tertiary/aromatic N) is 1. The molecule has 1 saturated heterocycles. The Kier molecular flexibility index (Phi) is 7.87. The topological polar surface area (TPSA) is 99.2 Å². The van der Waals surface area contributed by atoms with Crippen LogP contribution in [0.15, 0.2) is 23.1 Å². The Hall–Kier alpha value is -2.08. The van der Waals surface area contributed by atoms with E-state index in [1.807, 2.05) is 22.6 Å². The van der Waals surface area contributed by atoms with Gasteiger partial charge in [0.05, 0.1) is 22.2 Å². The van der Waals surface area contributed by atoms with Gasteiger partial charge < -0.3 is 14.2 Å². The third-order valence-electron chi connectivity index (χ3n) is 3.67. The van der Waals surface area contributed by atoms with Gasteiger partial charge >= 0.3 is 11.9 Å². The summed E-state index contributed by atoms with van der Waals surface area (Å²) in [5.74, 6) is -1.18. The molecule has 1 aromatic carbocycles. The summed E-state index contributed by atoms with van der Waals surface area (Å²) < 4.78 is 15.5. The second-order valence-corrected chi connectivity index (χ2v) is 7.69. The molecule has 28 heavy (non-hydrogen) atoms. The Labute approximate surface area is 179 Å². The zero-order valence-electron chi connectivity index (χ0n) is 15.4. The van der Waals surface area contributed by atoms with E-state index in [4.69, 9.17) is 9.47 Å². The van der Waals surface area contributed by atoms with Gasteiger partial charge in [0, 0.05) is 0 Å². The molecule has 1 heterocycles. The van der Waals surface area contributed by atoms with E-state index in [9.17, 15) is 19.2 Å². The van der Waals surface area contributed by atoms with Crippen LogP contribution in [-0.4, -0.2) is 54.4 Å². The number of esters is 2. The van der Waals surface area contributed by atoms with Gasteiger partial charge in [-0.05, 0) is 72.0 Å². The summed E-state index contributed by atoms with van der Waals surface area (Å²) in [7, 11) is 1.27. The second kappa shape index (κ2) is 9.92. The molecule has 0 bridgehead atoms. The second-order valence-electron chi connectivity index (χ2n) is 5.53. The highest BCUT2D eigenvalue weighted by molar-refractivity contribution is 14.1. The maximum atomic E-state index is 12.6. The Morgan fingerprint density at radius 1 is 1.32 bits per heavy atom. The lowest BCUT2D eigenvalue weighted by molar-refractivity contribution is -0.150. The van der Waals surface area contributed by atoms with Gasteiger partial charge in [-0.3, -0.25) is 14.5 Å². The minimum absolute atomic E-state index is 0.165. The largest absolute Gasteiger partial charge is 0.481 e. The lowest BCUT2D eigenvalue weighted by atomic mass is 10.2. The van der Waals surface area contributed by atoms with E-state index in [0.717, 1.165) is 20.2 Å². The smallest absolute Gasteiger partial charge is 0.343 e. The van der Waals surface area contributed by atoms with Crippen LogP contribution in [0.1, 0.15) is 19.4 Å². The van der Waals surface area contributed by atoms with E-state index in [0.29, 0.717) is 11.3 Å². The normalized spacial score (nSPS) is 16.3. The number of carbonyl (C=O) groups excluding carboxylic acids is 4. The van der Waals surface area contributed by atoms with Crippen molar-refractivity contribution in [2.75, 3.05) is 20.3 Å². The molecule has 8 nitrogen and oxygen atoms in total. The molecule has 0 N–H and O–H groups in total. The third-order valence-corrected chi connectivity index (χ3v) is 5.39. The quantitative estimate of drug-likeness (QED) is 0.308. The molecule has 10 heteroatoms. The van der Waals surface area contributed by atoms with Gasteiger partial charge in [0.25, 0.3) is 11.1 Å². The lowest BCUT2D eigenvalue weighted by Gasteiger charge is -2.19. The van der Waals surface area contributed by atoms with Gasteiger partial charge in [-0.15, -0.1) is 0 Å². The van der Waals surface area contributed by atoms with Crippen molar-refractivity contribution in [2.24, 2.45) is 0 Å². The maximum Gasteiger partial charge on any atom is 0.343 e. The average molecular weight is 519 g/mol. The van der Waals surface area contributed by atoms with Crippen molar-refractivity contribution in [3.05, 3.63) is 32.2 Å². The van der Waals surface area contributed by atoms with Crippen LogP contribution in [-0.2, 0) is 23.9 Å². The lowest BCUT2D eigenvalue weighted by Crippen LogP contribution is -2.42. The first-order chi connectivity index (χ1) is 13.3. The summed E-state index contributed by atoms with van der Waals surface area (Å²) in [5.41, 5.74) is 0.670. The molecule has 0 spiro atoms. The van der Waals surface area contributed by atoms with Crippen molar-refractivity contribution in [3.63, 3.8) is 0 Å². The summed E-state index contributed by atoms with van der Waals surface area (Å²) in [4.78, 5) is 48.9. The first-order valence-corrected chi connectivity index (χ1v) is 10.1. The minimum Gasteiger partial charge on any atom is -0.481 e. The third kappa shape index (κ3) is 5.25. The fourth-order valence-electron chi connectivity index (χ4n) is 2.25. The van der Waals surface area contributed by atoms with Crippen molar-refractivity contribution in [1.29, 1.82) is 0 Å². The number of halogens is 1. The summed E-state index contributed by atoms with van der Waals surface area (Å²) in [6, 6.07) is 4.10. The minimum atomic E-state index is -0.993. The van der Waals surface area contributed by atoms with E-state index in [1.54, 1.807) is 31.2 Å². The van der Waals surface area contributed by atoms with Crippen molar-refractivity contribution in [1.82, 2.24) is 4.90 Å². The van der Waals surface area contributed by atoms with Gasteiger partial charge in [-0.25, -0.2) is 9.59 Å². The number of hydrogen-bond acceptors (Lipinski definition) is 8. The van der Waals surface area contributed by atoms with Crippen molar-refractivity contribution >= 4 is 63.5 Å². The van der Waals surface area contributed by atoms with Crippen molar-refractivity contribution in [3.8, 4) is 5.75 Å². The number of thioether (sulfide) groups is 1. The molecule has 0 radical (unpaired) electrons. The number of methoxy groups -OCH3 is 1. The summed E-state index contributed by atoms with van der Waals surface area (Å²) in [6.45, 7) is 3.06. The van der Waals surface area contributed by atoms with Gasteiger partial charge in [0.2, 0.25) is 0 Å². The van der Waals surface area contributed by atoms with Crippen LogP contribution in [0.5, 0.6) is 5.75 Å². The van der Waals surface area contributed by atoms with E-state index in [2.05, 4.69) is 4.74 Å². The van der Waals surface area contributed by atoms with Crippen molar-refractivity contribution in [2.45, 2.75) is 19.9 Å². The number of carbonyl (C=O) groups is 4. The highest BCUT2D eigenvalue weighted by Gasteiger charge is 2.41. The van der Waals surface area contributed by atoms with Crippen LogP contribution >= 0.6 is 34.4 Å². The molecular formula is C18H18INO7S. The standard InChI is InChI=1S/C18H18INO7S/c1-4-26-17(23)10(2)20-16(22)14(28-18(20)24)8-11-5-6-13(12(19)7-11)27-9-15(21)25-3/h5-8,10H,4,9H2,1-3H3/b14-8+/t10-/m0/s1.